The Morgan fingerprint density at radius 2 is 1.96 bits per heavy atom. The normalized spacial score (nSPS) is 18.2. The van der Waals surface area contributed by atoms with Crippen molar-refractivity contribution < 1.29 is 14.3 Å². The van der Waals surface area contributed by atoms with Gasteiger partial charge in [-0.2, -0.15) is 0 Å². The van der Waals surface area contributed by atoms with E-state index in [-0.39, 0.29) is 17.9 Å². The molecule has 1 aromatic carbocycles. The van der Waals surface area contributed by atoms with Gasteiger partial charge >= 0.3 is 5.97 Å². The second-order valence-corrected chi connectivity index (χ2v) is 6.11. The summed E-state index contributed by atoms with van der Waals surface area (Å²) in [6, 6.07) is 3.05. The summed E-state index contributed by atoms with van der Waals surface area (Å²) in [5.41, 5.74) is 3.90. The van der Waals surface area contributed by atoms with Crippen LogP contribution in [0.4, 0.5) is 11.4 Å². The van der Waals surface area contributed by atoms with Crippen molar-refractivity contribution in [3.63, 3.8) is 0 Å². The van der Waals surface area contributed by atoms with E-state index in [1.807, 2.05) is 39.8 Å². The molecule has 5 nitrogen and oxygen atoms in total. The lowest BCUT2D eigenvalue weighted by molar-refractivity contribution is -0.146. The summed E-state index contributed by atoms with van der Waals surface area (Å²) in [6.07, 6.45) is 1.43. The molecule has 2 atom stereocenters. The first-order valence-electron chi connectivity index (χ1n) is 8.28. The van der Waals surface area contributed by atoms with Crippen LogP contribution < -0.4 is 10.2 Å². The summed E-state index contributed by atoms with van der Waals surface area (Å²) in [5, 5.41) is 3.29. The minimum absolute atomic E-state index is 0.0794. The molecule has 0 aromatic heterocycles. The molecule has 23 heavy (non-hydrogen) atoms. The first-order chi connectivity index (χ1) is 10.9. The number of carbonyl (C=O) groups excluding carboxylic acids is 2. The maximum Gasteiger partial charge on any atom is 0.328 e. The fourth-order valence-corrected chi connectivity index (χ4v) is 2.76. The molecule has 0 aliphatic carbocycles. The van der Waals surface area contributed by atoms with Crippen LogP contribution in [0.5, 0.6) is 0 Å². The SMILES string of the molecule is CCCOC(=O)C(C)N1C(=O)C(CC)Nc2cc(C)c(C)cc21. The van der Waals surface area contributed by atoms with Gasteiger partial charge in [0.2, 0.25) is 5.91 Å². The Bertz CT molecular complexity index is 613. The van der Waals surface area contributed by atoms with Crippen molar-refractivity contribution >= 4 is 23.3 Å². The number of anilines is 2. The molecule has 1 heterocycles. The van der Waals surface area contributed by atoms with Crippen LogP contribution in [0.25, 0.3) is 0 Å². The largest absolute Gasteiger partial charge is 0.464 e. The number of esters is 1. The second-order valence-electron chi connectivity index (χ2n) is 6.11. The molecule has 1 aliphatic heterocycles. The van der Waals surface area contributed by atoms with Crippen molar-refractivity contribution in [1.29, 1.82) is 0 Å². The Balaban J connectivity index is 2.42. The quantitative estimate of drug-likeness (QED) is 0.847. The van der Waals surface area contributed by atoms with Gasteiger partial charge in [-0.25, -0.2) is 4.79 Å². The van der Waals surface area contributed by atoms with E-state index >= 15 is 0 Å². The van der Waals surface area contributed by atoms with Gasteiger partial charge in [-0.3, -0.25) is 9.69 Å². The summed E-state index contributed by atoms with van der Waals surface area (Å²) in [4.78, 5) is 26.6. The topological polar surface area (TPSA) is 58.6 Å². The number of hydrogen-bond acceptors (Lipinski definition) is 4. The highest BCUT2D eigenvalue weighted by Gasteiger charge is 2.37. The van der Waals surface area contributed by atoms with E-state index in [4.69, 9.17) is 4.74 Å². The van der Waals surface area contributed by atoms with Crippen molar-refractivity contribution in [2.24, 2.45) is 0 Å². The van der Waals surface area contributed by atoms with Gasteiger partial charge in [-0.05, 0) is 56.9 Å². The van der Waals surface area contributed by atoms with E-state index in [2.05, 4.69) is 5.32 Å². The number of benzene rings is 1. The van der Waals surface area contributed by atoms with Crippen molar-refractivity contribution in [2.45, 2.75) is 59.5 Å². The summed E-state index contributed by atoms with van der Waals surface area (Å²) in [6.45, 7) is 10.1. The van der Waals surface area contributed by atoms with Crippen LogP contribution in [0.1, 0.15) is 44.7 Å². The van der Waals surface area contributed by atoms with E-state index < -0.39 is 6.04 Å². The van der Waals surface area contributed by atoms with Crippen LogP contribution in [0.3, 0.4) is 0 Å². The molecule has 2 rings (SSSR count). The molecule has 0 saturated carbocycles. The molecular formula is C18H26N2O3. The molecule has 0 radical (unpaired) electrons. The van der Waals surface area contributed by atoms with Crippen LogP contribution in [-0.4, -0.2) is 30.6 Å². The Hall–Kier alpha value is -2.04. The number of ether oxygens (including phenoxy) is 1. The molecule has 1 N–H and O–H groups in total. The fraction of sp³-hybridized carbons (Fsp3) is 0.556. The Morgan fingerprint density at radius 1 is 1.30 bits per heavy atom. The lowest BCUT2D eigenvalue weighted by atomic mass is 10.0. The van der Waals surface area contributed by atoms with E-state index in [0.717, 1.165) is 28.9 Å². The van der Waals surface area contributed by atoms with E-state index in [1.165, 1.54) is 0 Å². The lowest BCUT2D eigenvalue weighted by Gasteiger charge is -2.38. The number of carbonyl (C=O) groups is 2. The van der Waals surface area contributed by atoms with Crippen molar-refractivity contribution in [3.8, 4) is 0 Å². The number of hydrogen-bond donors (Lipinski definition) is 1. The predicted molar refractivity (Wildman–Crippen MR) is 91.8 cm³/mol. The third kappa shape index (κ3) is 3.33. The molecule has 126 valence electrons. The molecule has 5 heteroatoms. The van der Waals surface area contributed by atoms with Gasteiger partial charge in [0.15, 0.2) is 0 Å². The molecule has 2 unspecified atom stereocenters. The van der Waals surface area contributed by atoms with Gasteiger partial charge < -0.3 is 10.1 Å². The number of nitrogens with zero attached hydrogens (tertiary/aromatic N) is 1. The predicted octanol–water partition coefficient (Wildman–Crippen LogP) is 3.18. The van der Waals surface area contributed by atoms with E-state index in [0.29, 0.717) is 13.0 Å². The summed E-state index contributed by atoms with van der Waals surface area (Å²) in [7, 11) is 0. The van der Waals surface area contributed by atoms with Gasteiger partial charge in [0, 0.05) is 0 Å². The van der Waals surface area contributed by atoms with Crippen LogP contribution in [0, 0.1) is 13.8 Å². The lowest BCUT2D eigenvalue weighted by Crippen LogP contribution is -2.53. The molecule has 0 bridgehead atoms. The maximum absolute atomic E-state index is 12.8. The Morgan fingerprint density at radius 3 is 2.57 bits per heavy atom. The van der Waals surface area contributed by atoms with Crippen LogP contribution in [0.15, 0.2) is 12.1 Å². The number of rotatable bonds is 5. The number of aryl methyl sites for hydroxylation is 2. The van der Waals surface area contributed by atoms with Gasteiger partial charge in [-0.15, -0.1) is 0 Å². The van der Waals surface area contributed by atoms with Gasteiger partial charge in [0.25, 0.3) is 0 Å². The van der Waals surface area contributed by atoms with Gasteiger partial charge in [0.05, 0.1) is 18.0 Å². The zero-order valence-corrected chi connectivity index (χ0v) is 14.6. The summed E-state index contributed by atoms with van der Waals surface area (Å²) in [5.74, 6) is -0.440. The monoisotopic (exact) mass is 318 g/mol. The highest BCUT2D eigenvalue weighted by Crippen LogP contribution is 2.36. The molecule has 1 aromatic rings. The van der Waals surface area contributed by atoms with Gasteiger partial charge in [0.1, 0.15) is 12.1 Å². The zero-order chi connectivity index (χ0) is 17.1. The minimum Gasteiger partial charge on any atom is -0.464 e. The second kappa shape index (κ2) is 7.02. The number of fused-ring (bicyclic) bond motifs is 1. The molecule has 0 fully saturated rings. The van der Waals surface area contributed by atoms with Crippen molar-refractivity contribution in [3.05, 3.63) is 23.3 Å². The minimum atomic E-state index is -0.633. The maximum atomic E-state index is 12.8. The van der Waals surface area contributed by atoms with Crippen molar-refractivity contribution in [2.75, 3.05) is 16.8 Å². The van der Waals surface area contributed by atoms with Crippen molar-refractivity contribution in [1.82, 2.24) is 0 Å². The fourth-order valence-electron chi connectivity index (χ4n) is 2.76. The highest BCUT2D eigenvalue weighted by molar-refractivity contribution is 6.08. The first kappa shape index (κ1) is 17.3. The average Bonchev–Trinajstić information content (AvgIpc) is 2.53. The Labute approximate surface area is 138 Å². The van der Waals surface area contributed by atoms with Crippen LogP contribution >= 0.6 is 0 Å². The third-order valence-corrected chi connectivity index (χ3v) is 4.32. The van der Waals surface area contributed by atoms with Crippen LogP contribution in [0.2, 0.25) is 0 Å². The van der Waals surface area contributed by atoms with E-state index in [9.17, 15) is 9.59 Å². The molecule has 0 spiro atoms. The summed E-state index contributed by atoms with van der Waals surface area (Å²) >= 11 is 0. The smallest absolute Gasteiger partial charge is 0.328 e. The van der Waals surface area contributed by atoms with E-state index in [1.54, 1.807) is 11.8 Å². The van der Waals surface area contributed by atoms with Crippen LogP contribution in [-0.2, 0) is 14.3 Å². The number of nitrogens with one attached hydrogen (secondary N) is 1. The standard InChI is InChI=1S/C18H26N2O3/c1-6-8-23-18(22)13(5)20-16-10-12(4)11(3)9-15(16)19-14(7-2)17(20)21/h9-10,13-14,19H,6-8H2,1-5H3. The zero-order valence-electron chi connectivity index (χ0n) is 14.6. The molecule has 0 saturated heterocycles. The number of amides is 1. The molecule has 1 amide bonds. The Kier molecular flexibility index (Phi) is 5.29. The average molecular weight is 318 g/mol. The first-order valence-corrected chi connectivity index (χ1v) is 8.28. The third-order valence-electron chi connectivity index (χ3n) is 4.32. The van der Waals surface area contributed by atoms with Gasteiger partial charge in [-0.1, -0.05) is 13.8 Å². The highest BCUT2D eigenvalue weighted by atomic mass is 16.5. The molecular weight excluding hydrogens is 292 g/mol. The molecule has 1 aliphatic rings. The summed E-state index contributed by atoms with van der Waals surface area (Å²) < 4.78 is 5.24.